The summed E-state index contributed by atoms with van der Waals surface area (Å²) in [6.45, 7) is 6.25. The number of anilines is 2. The van der Waals surface area contributed by atoms with Crippen molar-refractivity contribution in [2.75, 3.05) is 18.5 Å². The minimum absolute atomic E-state index is 0.0582. The highest BCUT2D eigenvalue weighted by Gasteiger charge is 2.13. The summed E-state index contributed by atoms with van der Waals surface area (Å²) in [5.41, 5.74) is 2.30. The number of fused-ring (bicyclic) bond motifs is 1. The van der Waals surface area contributed by atoms with Crippen LogP contribution in [-0.2, 0) is 4.79 Å². The van der Waals surface area contributed by atoms with Crippen LogP contribution in [0.3, 0.4) is 0 Å². The van der Waals surface area contributed by atoms with Gasteiger partial charge in [-0.3, -0.25) is 9.89 Å². The maximum atomic E-state index is 11.9. The van der Waals surface area contributed by atoms with Gasteiger partial charge in [0.1, 0.15) is 17.3 Å². The lowest BCUT2D eigenvalue weighted by Crippen LogP contribution is -2.34. The average molecular weight is 447 g/mol. The quantitative estimate of drug-likeness (QED) is 0.355. The summed E-state index contributed by atoms with van der Waals surface area (Å²) < 4.78 is 11.3. The van der Waals surface area contributed by atoms with Crippen LogP contribution in [0.4, 0.5) is 11.5 Å². The van der Waals surface area contributed by atoms with E-state index >= 15 is 0 Å². The molecule has 0 saturated heterocycles. The molecule has 2 aromatic carbocycles. The highest BCUT2D eigenvalue weighted by molar-refractivity contribution is 5.93. The molecular weight excluding hydrogens is 420 g/mol. The fourth-order valence-corrected chi connectivity index (χ4v) is 3.28. The SMILES string of the molecule is CCOc1ccc2nc(-c3cccc(OCC(=O)NC(C)C)c3)nc(Nc3cn[nH]c3)c2c1. The molecule has 2 aromatic heterocycles. The van der Waals surface area contributed by atoms with Gasteiger partial charge in [0.2, 0.25) is 0 Å². The van der Waals surface area contributed by atoms with Crippen molar-refractivity contribution in [1.82, 2.24) is 25.5 Å². The molecule has 9 nitrogen and oxygen atoms in total. The van der Waals surface area contributed by atoms with Crippen LogP contribution in [0.15, 0.2) is 54.9 Å². The number of ether oxygens (including phenoxy) is 2. The minimum atomic E-state index is -0.172. The van der Waals surface area contributed by atoms with E-state index in [-0.39, 0.29) is 18.6 Å². The van der Waals surface area contributed by atoms with Gasteiger partial charge < -0.3 is 20.1 Å². The van der Waals surface area contributed by atoms with Gasteiger partial charge in [-0.05, 0) is 51.1 Å². The van der Waals surface area contributed by atoms with Crippen molar-refractivity contribution in [2.45, 2.75) is 26.8 Å². The largest absolute Gasteiger partial charge is 0.494 e. The maximum Gasteiger partial charge on any atom is 0.258 e. The summed E-state index contributed by atoms with van der Waals surface area (Å²) in [6, 6.07) is 13.1. The summed E-state index contributed by atoms with van der Waals surface area (Å²) in [5, 5.41) is 13.7. The number of carbonyl (C=O) groups is 1. The minimum Gasteiger partial charge on any atom is -0.494 e. The molecule has 0 atom stereocenters. The van der Waals surface area contributed by atoms with E-state index < -0.39 is 0 Å². The van der Waals surface area contributed by atoms with Crippen LogP contribution < -0.4 is 20.1 Å². The van der Waals surface area contributed by atoms with E-state index in [9.17, 15) is 4.79 Å². The van der Waals surface area contributed by atoms with Gasteiger partial charge in [-0.15, -0.1) is 0 Å². The number of rotatable bonds is 9. The Morgan fingerprint density at radius 3 is 2.70 bits per heavy atom. The lowest BCUT2D eigenvalue weighted by Gasteiger charge is -2.13. The second-order valence-corrected chi connectivity index (χ2v) is 7.66. The van der Waals surface area contributed by atoms with Gasteiger partial charge in [0.25, 0.3) is 5.91 Å². The van der Waals surface area contributed by atoms with Gasteiger partial charge in [-0.25, -0.2) is 9.97 Å². The van der Waals surface area contributed by atoms with Crippen molar-refractivity contribution in [3.63, 3.8) is 0 Å². The van der Waals surface area contributed by atoms with Gasteiger partial charge in [-0.2, -0.15) is 5.10 Å². The number of aromatic amines is 1. The predicted molar refractivity (Wildman–Crippen MR) is 127 cm³/mol. The number of hydrogen-bond acceptors (Lipinski definition) is 7. The van der Waals surface area contributed by atoms with Crippen LogP contribution >= 0.6 is 0 Å². The number of carbonyl (C=O) groups excluding carboxylic acids is 1. The zero-order valence-corrected chi connectivity index (χ0v) is 18.8. The fraction of sp³-hybridized carbons (Fsp3) is 0.250. The summed E-state index contributed by atoms with van der Waals surface area (Å²) in [4.78, 5) is 21.4. The molecule has 0 bridgehead atoms. The average Bonchev–Trinajstić information content (AvgIpc) is 3.31. The normalized spacial score (nSPS) is 10.9. The molecule has 4 rings (SSSR count). The van der Waals surface area contributed by atoms with E-state index in [0.29, 0.717) is 24.0 Å². The Kier molecular flexibility index (Phi) is 6.68. The smallest absolute Gasteiger partial charge is 0.258 e. The number of amides is 1. The summed E-state index contributed by atoms with van der Waals surface area (Å²) in [7, 11) is 0. The first-order valence-electron chi connectivity index (χ1n) is 10.7. The Labute approximate surface area is 191 Å². The van der Waals surface area contributed by atoms with Crippen molar-refractivity contribution in [3.8, 4) is 22.9 Å². The monoisotopic (exact) mass is 446 g/mol. The third-order valence-electron chi connectivity index (χ3n) is 4.65. The van der Waals surface area contributed by atoms with Crippen molar-refractivity contribution in [2.24, 2.45) is 0 Å². The molecule has 0 saturated carbocycles. The zero-order chi connectivity index (χ0) is 23.2. The topological polar surface area (TPSA) is 114 Å². The lowest BCUT2D eigenvalue weighted by atomic mass is 10.1. The maximum absolute atomic E-state index is 11.9. The predicted octanol–water partition coefficient (Wildman–Crippen LogP) is 4.07. The third kappa shape index (κ3) is 5.57. The molecular formula is C24H26N6O3. The van der Waals surface area contributed by atoms with E-state index in [4.69, 9.17) is 19.4 Å². The number of aromatic nitrogens is 4. The number of nitrogens with one attached hydrogen (secondary N) is 3. The van der Waals surface area contributed by atoms with Crippen LogP contribution in [-0.4, -0.2) is 45.3 Å². The number of nitrogens with zero attached hydrogens (tertiary/aromatic N) is 3. The van der Waals surface area contributed by atoms with Crippen molar-refractivity contribution in [3.05, 3.63) is 54.9 Å². The first-order chi connectivity index (χ1) is 16.0. The van der Waals surface area contributed by atoms with Crippen LogP contribution in [0.25, 0.3) is 22.3 Å². The molecule has 33 heavy (non-hydrogen) atoms. The molecule has 2 heterocycles. The van der Waals surface area contributed by atoms with Crippen LogP contribution in [0, 0.1) is 0 Å². The van der Waals surface area contributed by atoms with Gasteiger partial charge in [0, 0.05) is 23.2 Å². The second kappa shape index (κ2) is 9.99. The summed E-state index contributed by atoms with van der Waals surface area (Å²) in [6.07, 6.45) is 3.42. The molecule has 0 aliphatic rings. The van der Waals surface area contributed by atoms with E-state index in [1.165, 1.54) is 0 Å². The van der Waals surface area contributed by atoms with E-state index in [1.54, 1.807) is 18.5 Å². The number of H-pyrrole nitrogens is 1. The summed E-state index contributed by atoms with van der Waals surface area (Å²) >= 11 is 0. The Morgan fingerprint density at radius 2 is 1.94 bits per heavy atom. The van der Waals surface area contributed by atoms with Gasteiger partial charge in [-0.1, -0.05) is 12.1 Å². The second-order valence-electron chi connectivity index (χ2n) is 7.66. The highest BCUT2D eigenvalue weighted by atomic mass is 16.5. The van der Waals surface area contributed by atoms with Gasteiger partial charge >= 0.3 is 0 Å². The van der Waals surface area contributed by atoms with E-state index in [1.807, 2.05) is 57.2 Å². The Morgan fingerprint density at radius 1 is 1.09 bits per heavy atom. The first kappa shape index (κ1) is 22.1. The molecule has 0 spiro atoms. The number of benzene rings is 2. The molecule has 0 aliphatic carbocycles. The lowest BCUT2D eigenvalue weighted by molar-refractivity contribution is -0.123. The summed E-state index contributed by atoms with van der Waals surface area (Å²) in [5.74, 6) is 2.28. The Hall–Kier alpha value is -4.14. The van der Waals surface area contributed by atoms with Crippen molar-refractivity contribution < 1.29 is 14.3 Å². The van der Waals surface area contributed by atoms with Gasteiger partial charge in [0.15, 0.2) is 12.4 Å². The molecule has 9 heteroatoms. The molecule has 1 amide bonds. The van der Waals surface area contributed by atoms with Gasteiger partial charge in [0.05, 0.1) is 24.0 Å². The molecule has 0 aliphatic heterocycles. The Balaban J connectivity index is 1.67. The molecule has 3 N–H and O–H groups in total. The van der Waals surface area contributed by atoms with E-state index in [0.717, 1.165) is 27.9 Å². The highest BCUT2D eigenvalue weighted by Crippen LogP contribution is 2.31. The van der Waals surface area contributed by atoms with Crippen LogP contribution in [0.1, 0.15) is 20.8 Å². The van der Waals surface area contributed by atoms with Crippen LogP contribution in [0.5, 0.6) is 11.5 Å². The van der Waals surface area contributed by atoms with E-state index in [2.05, 4.69) is 20.8 Å². The van der Waals surface area contributed by atoms with Crippen molar-refractivity contribution in [1.29, 1.82) is 0 Å². The fourth-order valence-electron chi connectivity index (χ4n) is 3.28. The first-order valence-corrected chi connectivity index (χ1v) is 10.7. The zero-order valence-electron chi connectivity index (χ0n) is 18.8. The molecule has 0 fully saturated rings. The third-order valence-corrected chi connectivity index (χ3v) is 4.65. The van der Waals surface area contributed by atoms with Crippen molar-refractivity contribution >= 4 is 28.3 Å². The number of hydrogen-bond donors (Lipinski definition) is 3. The standard InChI is InChI=1S/C24H26N6O3/c1-4-32-19-8-9-21-20(11-19)24(28-17-12-25-26-13-17)30-23(29-21)16-6-5-7-18(10-16)33-14-22(31)27-15(2)3/h5-13,15H,4,14H2,1-3H3,(H,25,26)(H,27,31)(H,28,29,30). The molecule has 170 valence electrons. The van der Waals surface area contributed by atoms with Crippen LogP contribution in [0.2, 0.25) is 0 Å². The molecule has 0 radical (unpaired) electrons. The molecule has 0 unspecified atom stereocenters. The molecule has 4 aromatic rings. The Bertz CT molecular complexity index is 1240.